The molecule has 3 aromatic heterocycles. The zero-order valence-electron chi connectivity index (χ0n) is 13.7. The lowest BCUT2D eigenvalue weighted by molar-refractivity contribution is 0.475. The number of hydrogen-bond acceptors (Lipinski definition) is 4. The maximum absolute atomic E-state index is 9.49. The maximum atomic E-state index is 9.49. The van der Waals surface area contributed by atoms with Crippen molar-refractivity contribution in [2.75, 3.05) is 5.32 Å². The van der Waals surface area contributed by atoms with Crippen LogP contribution in [0.1, 0.15) is 0 Å². The molecule has 0 aliphatic heterocycles. The number of benzene rings is 2. The molecule has 0 unspecified atom stereocenters. The predicted molar refractivity (Wildman–Crippen MR) is 102 cm³/mol. The van der Waals surface area contributed by atoms with Crippen LogP contribution in [0, 0.1) is 0 Å². The van der Waals surface area contributed by atoms with E-state index in [-0.39, 0.29) is 5.75 Å². The summed E-state index contributed by atoms with van der Waals surface area (Å²) in [5.41, 5.74) is 4.70. The minimum atomic E-state index is 0.242. The highest BCUT2D eigenvalue weighted by molar-refractivity contribution is 5.85. The molecule has 2 aromatic carbocycles. The number of hydrogen-bond donors (Lipinski definition) is 3. The van der Waals surface area contributed by atoms with Gasteiger partial charge in [0.25, 0.3) is 0 Å². The molecular formula is C20H15N5O. The van der Waals surface area contributed by atoms with Gasteiger partial charge in [0.15, 0.2) is 11.5 Å². The summed E-state index contributed by atoms with van der Waals surface area (Å²) in [5.74, 6) is 0.930. The van der Waals surface area contributed by atoms with Crippen molar-refractivity contribution >= 4 is 28.1 Å². The smallest absolute Gasteiger partial charge is 0.180 e. The first-order valence-corrected chi connectivity index (χ1v) is 8.23. The molecule has 6 heteroatoms. The summed E-state index contributed by atoms with van der Waals surface area (Å²) >= 11 is 0. The molecule has 5 aromatic rings. The normalized spacial score (nSPS) is 11.2. The molecule has 0 aliphatic carbocycles. The van der Waals surface area contributed by atoms with E-state index in [1.807, 2.05) is 53.3 Å². The van der Waals surface area contributed by atoms with Gasteiger partial charge >= 0.3 is 0 Å². The lowest BCUT2D eigenvalue weighted by atomic mass is 10.1. The van der Waals surface area contributed by atoms with Crippen molar-refractivity contribution in [2.24, 2.45) is 0 Å². The summed E-state index contributed by atoms with van der Waals surface area (Å²) < 4.78 is 1.98. The average Bonchev–Trinajstić information content (AvgIpc) is 3.29. The molecular weight excluding hydrogens is 326 g/mol. The Labute approximate surface area is 148 Å². The second kappa shape index (κ2) is 5.63. The molecule has 0 fully saturated rings. The van der Waals surface area contributed by atoms with E-state index >= 15 is 0 Å². The highest BCUT2D eigenvalue weighted by atomic mass is 16.3. The third kappa shape index (κ3) is 2.36. The van der Waals surface area contributed by atoms with Gasteiger partial charge in [-0.15, -0.1) is 0 Å². The van der Waals surface area contributed by atoms with E-state index in [1.54, 1.807) is 18.3 Å². The Hall–Kier alpha value is -3.80. The Morgan fingerprint density at radius 3 is 2.77 bits per heavy atom. The average molecular weight is 341 g/mol. The molecule has 0 radical (unpaired) electrons. The van der Waals surface area contributed by atoms with Crippen molar-refractivity contribution in [3.05, 3.63) is 73.3 Å². The van der Waals surface area contributed by atoms with Crippen LogP contribution < -0.4 is 5.32 Å². The van der Waals surface area contributed by atoms with Gasteiger partial charge in [-0.05, 0) is 48.5 Å². The minimum absolute atomic E-state index is 0.242. The van der Waals surface area contributed by atoms with Crippen LogP contribution >= 0.6 is 0 Å². The molecule has 0 aliphatic rings. The van der Waals surface area contributed by atoms with Gasteiger partial charge in [0.1, 0.15) is 5.75 Å². The van der Waals surface area contributed by atoms with Gasteiger partial charge < -0.3 is 15.4 Å². The third-order valence-electron chi connectivity index (χ3n) is 4.41. The number of aromatic nitrogens is 4. The summed E-state index contributed by atoms with van der Waals surface area (Å²) in [5, 5.41) is 14.0. The van der Waals surface area contributed by atoms with Crippen molar-refractivity contribution < 1.29 is 5.11 Å². The number of H-pyrrole nitrogens is 1. The van der Waals surface area contributed by atoms with Gasteiger partial charge in [0, 0.05) is 40.7 Å². The van der Waals surface area contributed by atoms with Crippen molar-refractivity contribution in [1.82, 2.24) is 19.4 Å². The summed E-state index contributed by atoms with van der Waals surface area (Å²) in [4.78, 5) is 12.2. The fourth-order valence-corrected chi connectivity index (χ4v) is 3.12. The van der Waals surface area contributed by atoms with Crippen LogP contribution in [-0.4, -0.2) is 24.5 Å². The number of rotatable bonds is 3. The quantitative estimate of drug-likeness (QED) is 0.456. The topological polar surface area (TPSA) is 78.2 Å². The van der Waals surface area contributed by atoms with E-state index in [1.165, 1.54) is 0 Å². The van der Waals surface area contributed by atoms with E-state index in [0.717, 1.165) is 33.5 Å². The molecule has 6 nitrogen and oxygen atoms in total. The van der Waals surface area contributed by atoms with Crippen LogP contribution in [0.5, 0.6) is 5.75 Å². The van der Waals surface area contributed by atoms with E-state index in [4.69, 9.17) is 0 Å². The number of nitrogens with one attached hydrogen (secondary N) is 2. The number of anilines is 2. The monoisotopic (exact) mass is 341 g/mol. The number of fused-ring (bicyclic) bond motifs is 2. The van der Waals surface area contributed by atoms with Gasteiger partial charge in [0.05, 0.1) is 11.9 Å². The summed E-state index contributed by atoms with van der Waals surface area (Å²) in [6.45, 7) is 0. The van der Waals surface area contributed by atoms with Crippen LogP contribution in [0.25, 0.3) is 27.8 Å². The number of imidazole rings is 1. The SMILES string of the molecule is Oc1ccc(-c2cnc3c(Nc4ccc5[nH]ccc5c4)nccn23)cc1. The Morgan fingerprint density at radius 1 is 1.00 bits per heavy atom. The van der Waals surface area contributed by atoms with Gasteiger partial charge in [-0.3, -0.25) is 4.40 Å². The van der Waals surface area contributed by atoms with Crippen LogP contribution in [-0.2, 0) is 0 Å². The molecule has 0 atom stereocenters. The zero-order chi connectivity index (χ0) is 17.5. The van der Waals surface area contributed by atoms with Gasteiger partial charge in [0.2, 0.25) is 0 Å². The molecule has 3 heterocycles. The number of aromatic hydroxyl groups is 1. The minimum Gasteiger partial charge on any atom is -0.508 e. The molecule has 126 valence electrons. The molecule has 0 spiro atoms. The second-order valence-electron chi connectivity index (χ2n) is 6.06. The van der Waals surface area contributed by atoms with Crippen molar-refractivity contribution in [1.29, 1.82) is 0 Å². The highest BCUT2D eigenvalue weighted by Gasteiger charge is 2.11. The number of nitrogens with zero attached hydrogens (tertiary/aromatic N) is 3. The highest BCUT2D eigenvalue weighted by Crippen LogP contribution is 2.27. The van der Waals surface area contributed by atoms with Crippen molar-refractivity contribution in [3.8, 4) is 17.0 Å². The number of phenolic OH excluding ortho intramolecular Hbond substituents is 1. The standard InChI is InChI=1S/C20H15N5O/c26-16-4-1-13(2-5-16)18-12-23-20-19(22-9-10-25(18)20)24-15-3-6-17-14(11-15)7-8-21-17/h1-12,21,26H,(H,22,24). The number of phenols is 1. The Bertz CT molecular complexity index is 1220. The van der Waals surface area contributed by atoms with Gasteiger partial charge in [-0.25, -0.2) is 9.97 Å². The first-order valence-electron chi connectivity index (χ1n) is 8.23. The predicted octanol–water partition coefficient (Wildman–Crippen LogP) is 4.33. The van der Waals surface area contributed by atoms with Crippen molar-refractivity contribution in [3.63, 3.8) is 0 Å². The largest absolute Gasteiger partial charge is 0.508 e. The maximum Gasteiger partial charge on any atom is 0.180 e. The number of aromatic amines is 1. The first-order chi connectivity index (χ1) is 12.8. The fourth-order valence-electron chi connectivity index (χ4n) is 3.12. The second-order valence-corrected chi connectivity index (χ2v) is 6.06. The molecule has 26 heavy (non-hydrogen) atoms. The summed E-state index contributed by atoms with van der Waals surface area (Å²) in [7, 11) is 0. The van der Waals surface area contributed by atoms with Crippen LogP contribution in [0.2, 0.25) is 0 Å². The van der Waals surface area contributed by atoms with E-state index in [9.17, 15) is 5.11 Å². The molecule has 0 saturated carbocycles. The molecule has 3 N–H and O–H groups in total. The molecule has 0 amide bonds. The van der Waals surface area contributed by atoms with Crippen LogP contribution in [0.4, 0.5) is 11.5 Å². The zero-order valence-corrected chi connectivity index (χ0v) is 13.7. The fraction of sp³-hybridized carbons (Fsp3) is 0. The molecule has 0 bridgehead atoms. The van der Waals surface area contributed by atoms with Gasteiger partial charge in [-0.2, -0.15) is 0 Å². The van der Waals surface area contributed by atoms with E-state index in [2.05, 4.69) is 26.3 Å². The van der Waals surface area contributed by atoms with Crippen LogP contribution in [0.15, 0.2) is 73.3 Å². The van der Waals surface area contributed by atoms with Crippen LogP contribution in [0.3, 0.4) is 0 Å². The Balaban J connectivity index is 1.57. The molecule has 5 rings (SSSR count). The summed E-state index contributed by atoms with van der Waals surface area (Å²) in [6.07, 6.45) is 7.36. The first kappa shape index (κ1) is 14.5. The summed E-state index contributed by atoms with van der Waals surface area (Å²) in [6, 6.07) is 15.2. The lowest BCUT2D eigenvalue weighted by Gasteiger charge is -2.08. The van der Waals surface area contributed by atoms with Crippen molar-refractivity contribution in [2.45, 2.75) is 0 Å². The van der Waals surface area contributed by atoms with Gasteiger partial charge in [-0.1, -0.05) is 0 Å². The van der Waals surface area contributed by atoms with E-state index < -0.39 is 0 Å². The third-order valence-corrected chi connectivity index (χ3v) is 4.41. The molecule has 0 saturated heterocycles. The van der Waals surface area contributed by atoms with E-state index in [0.29, 0.717) is 5.82 Å². The Kier molecular flexibility index (Phi) is 3.15. The lowest BCUT2D eigenvalue weighted by Crippen LogP contribution is -1.98. The Morgan fingerprint density at radius 2 is 1.88 bits per heavy atom.